The van der Waals surface area contributed by atoms with Crippen LogP contribution in [0.15, 0.2) is 24.5 Å². The van der Waals surface area contributed by atoms with E-state index in [2.05, 4.69) is 20.9 Å². The predicted molar refractivity (Wildman–Crippen MR) is 59.3 cm³/mol. The molecule has 0 aliphatic heterocycles. The number of halogens is 1. The quantitative estimate of drug-likeness (QED) is 0.825. The van der Waals surface area contributed by atoms with E-state index in [0.717, 1.165) is 31.2 Å². The maximum absolute atomic E-state index is 10.3. The Balaban J connectivity index is 2.19. The fourth-order valence-corrected chi connectivity index (χ4v) is 2.81. The number of hydrogen-bond donors (Lipinski definition) is 1. The van der Waals surface area contributed by atoms with Crippen LogP contribution >= 0.6 is 15.9 Å². The van der Waals surface area contributed by atoms with Gasteiger partial charge in [-0.1, -0.05) is 34.8 Å². The van der Waals surface area contributed by atoms with Crippen LogP contribution in [-0.4, -0.2) is 15.7 Å². The summed E-state index contributed by atoms with van der Waals surface area (Å²) in [7, 11) is 0. The lowest BCUT2D eigenvalue weighted by atomic mass is 9.94. The SMILES string of the molecule is OC1(C(Br)c2cccnc2)CCCC1. The normalized spacial score (nSPS) is 22.1. The second-order valence-electron chi connectivity index (χ2n) is 3.96. The van der Waals surface area contributed by atoms with Crippen molar-refractivity contribution < 1.29 is 5.11 Å². The van der Waals surface area contributed by atoms with Crippen molar-refractivity contribution in [3.8, 4) is 0 Å². The fourth-order valence-electron chi connectivity index (χ4n) is 2.08. The summed E-state index contributed by atoms with van der Waals surface area (Å²) in [5, 5.41) is 10.3. The van der Waals surface area contributed by atoms with Gasteiger partial charge in [0.15, 0.2) is 0 Å². The van der Waals surface area contributed by atoms with Gasteiger partial charge in [0.05, 0.1) is 10.4 Å². The molecule has 1 atom stereocenters. The topological polar surface area (TPSA) is 33.1 Å². The largest absolute Gasteiger partial charge is 0.388 e. The third-order valence-electron chi connectivity index (χ3n) is 2.92. The van der Waals surface area contributed by atoms with E-state index in [-0.39, 0.29) is 4.83 Å². The Kier molecular flexibility index (Phi) is 2.88. The molecule has 1 unspecified atom stereocenters. The summed E-state index contributed by atoms with van der Waals surface area (Å²) < 4.78 is 0. The second-order valence-corrected chi connectivity index (χ2v) is 4.88. The van der Waals surface area contributed by atoms with Gasteiger partial charge in [-0.3, -0.25) is 4.98 Å². The molecule has 0 amide bonds. The van der Waals surface area contributed by atoms with Gasteiger partial charge in [-0.25, -0.2) is 0 Å². The molecule has 2 nitrogen and oxygen atoms in total. The molecule has 1 aromatic rings. The molecule has 1 aliphatic rings. The van der Waals surface area contributed by atoms with E-state index in [0.29, 0.717) is 0 Å². The predicted octanol–water partition coefficient (Wildman–Crippen LogP) is 2.82. The van der Waals surface area contributed by atoms with Crippen molar-refractivity contribution in [1.82, 2.24) is 4.98 Å². The Labute approximate surface area is 92.5 Å². The average Bonchev–Trinajstić information content (AvgIpc) is 2.67. The van der Waals surface area contributed by atoms with Gasteiger partial charge < -0.3 is 5.11 Å². The zero-order valence-corrected chi connectivity index (χ0v) is 9.57. The third kappa shape index (κ3) is 1.84. The summed E-state index contributed by atoms with van der Waals surface area (Å²) in [6.45, 7) is 0. The molecule has 0 bridgehead atoms. The van der Waals surface area contributed by atoms with E-state index in [1.807, 2.05) is 18.3 Å². The van der Waals surface area contributed by atoms with Crippen LogP contribution in [0.4, 0.5) is 0 Å². The van der Waals surface area contributed by atoms with E-state index in [1.165, 1.54) is 0 Å². The number of aromatic nitrogens is 1. The molecule has 1 heterocycles. The first-order valence-electron chi connectivity index (χ1n) is 4.99. The molecule has 1 aliphatic carbocycles. The first-order valence-corrected chi connectivity index (χ1v) is 5.90. The number of pyridine rings is 1. The highest BCUT2D eigenvalue weighted by Gasteiger charge is 2.38. The zero-order chi connectivity index (χ0) is 10.0. The van der Waals surface area contributed by atoms with Crippen molar-refractivity contribution >= 4 is 15.9 Å². The van der Waals surface area contributed by atoms with Crippen LogP contribution < -0.4 is 0 Å². The minimum Gasteiger partial charge on any atom is -0.388 e. The van der Waals surface area contributed by atoms with Gasteiger partial charge in [0.25, 0.3) is 0 Å². The number of aliphatic hydroxyl groups is 1. The highest BCUT2D eigenvalue weighted by Crippen LogP contribution is 2.44. The van der Waals surface area contributed by atoms with Crippen LogP contribution in [0, 0.1) is 0 Å². The van der Waals surface area contributed by atoms with Gasteiger partial charge >= 0.3 is 0 Å². The Bertz CT molecular complexity index is 295. The fraction of sp³-hybridized carbons (Fsp3) is 0.545. The van der Waals surface area contributed by atoms with Crippen LogP contribution in [-0.2, 0) is 0 Å². The summed E-state index contributed by atoms with van der Waals surface area (Å²) in [6.07, 6.45) is 7.59. The number of hydrogen-bond acceptors (Lipinski definition) is 2. The number of rotatable bonds is 2. The summed E-state index contributed by atoms with van der Waals surface area (Å²) >= 11 is 3.58. The summed E-state index contributed by atoms with van der Waals surface area (Å²) in [5.41, 5.74) is 0.500. The van der Waals surface area contributed by atoms with Crippen molar-refractivity contribution in [2.75, 3.05) is 0 Å². The van der Waals surface area contributed by atoms with E-state index in [9.17, 15) is 5.11 Å². The molecule has 2 rings (SSSR count). The summed E-state index contributed by atoms with van der Waals surface area (Å²) in [6, 6.07) is 3.91. The lowest BCUT2D eigenvalue weighted by Gasteiger charge is -2.28. The molecular formula is C11H14BrNO. The monoisotopic (exact) mass is 255 g/mol. The lowest BCUT2D eigenvalue weighted by Crippen LogP contribution is -2.29. The van der Waals surface area contributed by atoms with Crippen LogP contribution in [0.3, 0.4) is 0 Å². The van der Waals surface area contributed by atoms with Crippen LogP contribution in [0.1, 0.15) is 36.1 Å². The van der Waals surface area contributed by atoms with Crippen molar-refractivity contribution in [1.29, 1.82) is 0 Å². The van der Waals surface area contributed by atoms with Crippen LogP contribution in [0.5, 0.6) is 0 Å². The molecule has 0 radical (unpaired) electrons. The molecule has 14 heavy (non-hydrogen) atoms. The highest BCUT2D eigenvalue weighted by atomic mass is 79.9. The summed E-state index contributed by atoms with van der Waals surface area (Å²) in [5.74, 6) is 0. The first kappa shape index (κ1) is 10.1. The lowest BCUT2D eigenvalue weighted by molar-refractivity contribution is 0.0468. The average molecular weight is 256 g/mol. The Morgan fingerprint density at radius 2 is 2.14 bits per heavy atom. The van der Waals surface area contributed by atoms with Gasteiger partial charge in [-0.05, 0) is 24.5 Å². The third-order valence-corrected chi connectivity index (χ3v) is 4.30. The van der Waals surface area contributed by atoms with Gasteiger partial charge in [-0.15, -0.1) is 0 Å². The van der Waals surface area contributed by atoms with Gasteiger partial charge in [-0.2, -0.15) is 0 Å². The minimum absolute atomic E-state index is 0.0196. The minimum atomic E-state index is -0.566. The molecular weight excluding hydrogens is 242 g/mol. The van der Waals surface area contributed by atoms with Gasteiger partial charge in [0, 0.05) is 12.4 Å². The number of nitrogens with zero attached hydrogens (tertiary/aromatic N) is 1. The maximum Gasteiger partial charge on any atom is 0.0813 e. The van der Waals surface area contributed by atoms with Crippen molar-refractivity contribution in [3.05, 3.63) is 30.1 Å². The van der Waals surface area contributed by atoms with Gasteiger partial charge in [0.1, 0.15) is 0 Å². The molecule has 0 aromatic carbocycles. The first-order chi connectivity index (χ1) is 6.72. The van der Waals surface area contributed by atoms with E-state index in [4.69, 9.17) is 0 Å². The van der Waals surface area contributed by atoms with Crippen molar-refractivity contribution in [2.45, 2.75) is 36.1 Å². The standard InChI is InChI=1S/C11H14BrNO/c12-10(9-4-3-7-13-8-9)11(14)5-1-2-6-11/h3-4,7-8,10,14H,1-2,5-6H2. The molecule has 1 N–H and O–H groups in total. The van der Waals surface area contributed by atoms with Crippen molar-refractivity contribution in [2.24, 2.45) is 0 Å². The van der Waals surface area contributed by atoms with E-state index >= 15 is 0 Å². The molecule has 1 fully saturated rings. The van der Waals surface area contributed by atoms with E-state index in [1.54, 1.807) is 6.20 Å². The number of alkyl halides is 1. The van der Waals surface area contributed by atoms with Gasteiger partial charge in [0.2, 0.25) is 0 Å². The van der Waals surface area contributed by atoms with Crippen LogP contribution in [0.2, 0.25) is 0 Å². The molecule has 3 heteroatoms. The maximum atomic E-state index is 10.3. The molecule has 0 saturated heterocycles. The second kappa shape index (κ2) is 3.99. The van der Waals surface area contributed by atoms with Crippen LogP contribution in [0.25, 0.3) is 0 Å². The Morgan fingerprint density at radius 3 is 2.71 bits per heavy atom. The molecule has 1 saturated carbocycles. The molecule has 1 aromatic heterocycles. The zero-order valence-electron chi connectivity index (χ0n) is 7.99. The molecule has 76 valence electrons. The highest BCUT2D eigenvalue weighted by molar-refractivity contribution is 9.09. The Hall–Kier alpha value is -0.410. The summed E-state index contributed by atoms with van der Waals surface area (Å²) in [4.78, 5) is 4.09. The molecule has 0 spiro atoms. The Morgan fingerprint density at radius 1 is 1.43 bits per heavy atom. The smallest absolute Gasteiger partial charge is 0.0813 e. The van der Waals surface area contributed by atoms with Crippen molar-refractivity contribution in [3.63, 3.8) is 0 Å². The van der Waals surface area contributed by atoms with E-state index < -0.39 is 5.60 Å².